The summed E-state index contributed by atoms with van der Waals surface area (Å²) in [5.74, 6) is 0.582. The van der Waals surface area contributed by atoms with E-state index in [0.29, 0.717) is 37.9 Å². The van der Waals surface area contributed by atoms with Crippen LogP contribution in [0, 0.1) is 13.8 Å². The lowest BCUT2D eigenvalue weighted by atomic mass is 10.1. The largest absolute Gasteiger partial charge is 0.361 e. The van der Waals surface area contributed by atoms with Crippen molar-refractivity contribution >= 4 is 11.8 Å². The number of hydrogen-bond donors (Lipinski definition) is 2. The molecule has 0 radical (unpaired) electrons. The Bertz CT molecular complexity index is 1030. The summed E-state index contributed by atoms with van der Waals surface area (Å²) in [5, 5.41) is 14.2. The SMILES string of the molecule is Cc1noc(C)c1CCC(=O)NC1Cc2c(C(=O)NCc3ccccc3)cnn2C1. The van der Waals surface area contributed by atoms with Crippen molar-refractivity contribution < 1.29 is 14.1 Å². The van der Waals surface area contributed by atoms with Crippen molar-refractivity contribution in [3.8, 4) is 0 Å². The third kappa shape index (κ3) is 4.27. The molecule has 4 rings (SSSR count). The van der Waals surface area contributed by atoms with Crippen LogP contribution in [-0.4, -0.2) is 32.8 Å². The molecule has 0 saturated carbocycles. The first-order valence-electron chi connectivity index (χ1n) is 10.1. The van der Waals surface area contributed by atoms with Gasteiger partial charge in [0.05, 0.1) is 35.7 Å². The van der Waals surface area contributed by atoms with Gasteiger partial charge in [-0.25, -0.2) is 0 Å². The number of rotatable bonds is 7. The standard InChI is InChI=1S/C22H25N5O3/c1-14-18(15(2)30-26-14)8-9-21(28)25-17-10-20-19(12-24-27(20)13-17)22(29)23-11-16-6-4-3-5-7-16/h3-7,12,17H,8-11,13H2,1-2H3,(H,23,29)(H,25,28). The van der Waals surface area contributed by atoms with Crippen LogP contribution in [0.4, 0.5) is 0 Å². The summed E-state index contributed by atoms with van der Waals surface area (Å²) < 4.78 is 6.95. The molecule has 1 aliphatic rings. The van der Waals surface area contributed by atoms with Crippen molar-refractivity contribution in [1.82, 2.24) is 25.6 Å². The molecule has 0 spiro atoms. The number of nitrogens with one attached hydrogen (secondary N) is 2. The number of carbonyl (C=O) groups is 2. The first-order chi connectivity index (χ1) is 14.5. The number of aromatic nitrogens is 3. The van der Waals surface area contributed by atoms with E-state index in [4.69, 9.17) is 4.52 Å². The van der Waals surface area contributed by atoms with E-state index in [1.165, 1.54) is 0 Å². The third-order valence-corrected chi connectivity index (χ3v) is 5.47. The van der Waals surface area contributed by atoms with E-state index in [2.05, 4.69) is 20.9 Å². The molecule has 0 fully saturated rings. The minimum atomic E-state index is -0.148. The summed E-state index contributed by atoms with van der Waals surface area (Å²) in [7, 11) is 0. The molecule has 0 aliphatic carbocycles. The number of benzene rings is 1. The van der Waals surface area contributed by atoms with E-state index >= 15 is 0 Å². The molecule has 2 aromatic heterocycles. The molecule has 30 heavy (non-hydrogen) atoms. The maximum absolute atomic E-state index is 12.6. The predicted molar refractivity (Wildman–Crippen MR) is 110 cm³/mol. The van der Waals surface area contributed by atoms with Crippen LogP contribution in [0.25, 0.3) is 0 Å². The number of carbonyl (C=O) groups excluding carboxylic acids is 2. The molecule has 2 N–H and O–H groups in total. The first-order valence-corrected chi connectivity index (χ1v) is 10.1. The summed E-state index contributed by atoms with van der Waals surface area (Å²) in [6, 6.07) is 9.70. The van der Waals surface area contributed by atoms with E-state index in [-0.39, 0.29) is 17.9 Å². The van der Waals surface area contributed by atoms with Crippen LogP contribution in [0.2, 0.25) is 0 Å². The summed E-state index contributed by atoms with van der Waals surface area (Å²) >= 11 is 0. The Morgan fingerprint density at radius 3 is 2.77 bits per heavy atom. The highest BCUT2D eigenvalue weighted by atomic mass is 16.5. The van der Waals surface area contributed by atoms with Crippen LogP contribution in [-0.2, 0) is 30.7 Å². The van der Waals surface area contributed by atoms with Gasteiger partial charge in [0, 0.05) is 24.9 Å². The fourth-order valence-corrected chi connectivity index (χ4v) is 3.85. The first kappa shape index (κ1) is 19.9. The zero-order valence-electron chi connectivity index (χ0n) is 17.1. The Morgan fingerprint density at radius 2 is 2.03 bits per heavy atom. The topological polar surface area (TPSA) is 102 Å². The Hall–Kier alpha value is -3.42. The number of fused-ring (bicyclic) bond motifs is 1. The molecule has 8 nitrogen and oxygen atoms in total. The fraction of sp³-hybridized carbons (Fsp3) is 0.364. The number of hydrogen-bond acceptors (Lipinski definition) is 5. The van der Waals surface area contributed by atoms with Gasteiger partial charge in [0.1, 0.15) is 5.76 Å². The molecule has 3 heterocycles. The molecule has 0 bridgehead atoms. The smallest absolute Gasteiger partial charge is 0.255 e. The van der Waals surface area contributed by atoms with Gasteiger partial charge in [-0.05, 0) is 25.8 Å². The van der Waals surface area contributed by atoms with Gasteiger partial charge in [-0.15, -0.1) is 0 Å². The lowest BCUT2D eigenvalue weighted by Crippen LogP contribution is -2.36. The van der Waals surface area contributed by atoms with Crippen molar-refractivity contribution in [2.24, 2.45) is 0 Å². The average molecular weight is 407 g/mol. The average Bonchev–Trinajstić information content (AvgIpc) is 3.40. The van der Waals surface area contributed by atoms with Crippen molar-refractivity contribution in [3.63, 3.8) is 0 Å². The van der Waals surface area contributed by atoms with Gasteiger partial charge >= 0.3 is 0 Å². The highest BCUT2D eigenvalue weighted by Gasteiger charge is 2.28. The van der Waals surface area contributed by atoms with E-state index in [1.54, 1.807) is 10.9 Å². The maximum Gasteiger partial charge on any atom is 0.255 e. The maximum atomic E-state index is 12.6. The number of nitrogens with zero attached hydrogens (tertiary/aromatic N) is 3. The molecule has 1 aliphatic heterocycles. The molecule has 2 amide bonds. The van der Waals surface area contributed by atoms with Gasteiger partial charge < -0.3 is 15.2 Å². The van der Waals surface area contributed by atoms with Crippen LogP contribution in [0.5, 0.6) is 0 Å². The zero-order chi connectivity index (χ0) is 21.1. The Kier molecular flexibility index (Phi) is 5.65. The van der Waals surface area contributed by atoms with Gasteiger partial charge in [-0.2, -0.15) is 5.10 Å². The summed E-state index contributed by atoms with van der Waals surface area (Å²) in [5.41, 5.74) is 4.28. The highest BCUT2D eigenvalue weighted by molar-refractivity contribution is 5.95. The van der Waals surface area contributed by atoms with Crippen molar-refractivity contribution in [1.29, 1.82) is 0 Å². The van der Waals surface area contributed by atoms with E-state index in [1.807, 2.05) is 44.2 Å². The van der Waals surface area contributed by atoms with Crippen LogP contribution < -0.4 is 10.6 Å². The number of aryl methyl sites for hydroxylation is 2. The molecule has 3 aromatic rings. The molecule has 1 atom stereocenters. The summed E-state index contributed by atoms with van der Waals surface area (Å²) in [6.45, 7) is 4.77. The van der Waals surface area contributed by atoms with Crippen LogP contribution in [0.1, 0.15) is 45.1 Å². The van der Waals surface area contributed by atoms with Crippen LogP contribution in [0.3, 0.4) is 0 Å². The third-order valence-electron chi connectivity index (χ3n) is 5.47. The van der Waals surface area contributed by atoms with Crippen LogP contribution >= 0.6 is 0 Å². The van der Waals surface area contributed by atoms with Crippen LogP contribution in [0.15, 0.2) is 41.1 Å². The lowest BCUT2D eigenvalue weighted by molar-refractivity contribution is -0.121. The minimum absolute atomic E-state index is 0.0270. The molecular weight excluding hydrogens is 382 g/mol. The Labute approximate surface area is 174 Å². The molecule has 0 saturated heterocycles. The van der Waals surface area contributed by atoms with Gasteiger partial charge in [-0.1, -0.05) is 35.5 Å². The summed E-state index contributed by atoms with van der Waals surface area (Å²) in [6.07, 6.45) is 3.15. The van der Waals surface area contributed by atoms with Gasteiger partial charge in [0.2, 0.25) is 5.91 Å². The Morgan fingerprint density at radius 1 is 1.23 bits per heavy atom. The van der Waals surface area contributed by atoms with Gasteiger partial charge in [0.15, 0.2) is 0 Å². The second-order valence-electron chi connectivity index (χ2n) is 7.63. The second-order valence-corrected chi connectivity index (χ2v) is 7.63. The van der Waals surface area contributed by atoms with E-state index < -0.39 is 0 Å². The lowest BCUT2D eigenvalue weighted by Gasteiger charge is -2.12. The van der Waals surface area contributed by atoms with Crippen molar-refractivity contribution in [3.05, 3.63) is 70.4 Å². The molecule has 1 unspecified atom stereocenters. The minimum Gasteiger partial charge on any atom is -0.361 e. The molecule has 8 heteroatoms. The Balaban J connectivity index is 1.30. The number of amides is 2. The molecular formula is C22H25N5O3. The van der Waals surface area contributed by atoms with E-state index in [9.17, 15) is 9.59 Å². The van der Waals surface area contributed by atoms with Crippen molar-refractivity contribution in [2.75, 3.05) is 0 Å². The zero-order valence-corrected chi connectivity index (χ0v) is 17.1. The van der Waals surface area contributed by atoms with Gasteiger partial charge in [0.25, 0.3) is 5.91 Å². The monoisotopic (exact) mass is 407 g/mol. The molecule has 1 aromatic carbocycles. The molecule has 156 valence electrons. The quantitative estimate of drug-likeness (QED) is 0.624. The second kappa shape index (κ2) is 8.52. The predicted octanol–water partition coefficient (Wildman–Crippen LogP) is 2.09. The normalized spacial score (nSPS) is 15.1. The van der Waals surface area contributed by atoms with Gasteiger partial charge in [-0.3, -0.25) is 14.3 Å². The van der Waals surface area contributed by atoms with Crippen molar-refractivity contribution in [2.45, 2.75) is 52.2 Å². The fourth-order valence-electron chi connectivity index (χ4n) is 3.85. The van der Waals surface area contributed by atoms with E-state index in [0.717, 1.165) is 28.3 Å². The summed E-state index contributed by atoms with van der Waals surface area (Å²) in [4.78, 5) is 25.0. The highest BCUT2D eigenvalue weighted by Crippen LogP contribution is 2.20.